The normalized spacial score (nSPS) is 15.0. The van der Waals surface area contributed by atoms with Gasteiger partial charge in [0.25, 0.3) is 0 Å². The van der Waals surface area contributed by atoms with E-state index in [1.807, 2.05) is 0 Å². The van der Waals surface area contributed by atoms with Crippen molar-refractivity contribution < 1.29 is 45.0 Å². The molecule has 24 heavy (non-hydrogen) atoms. The Labute approximate surface area is 136 Å². The van der Waals surface area contributed by atoms with Crippen LogP contribution in [0.5, 0.6) is 5.75 Å². The van der Waals surface area contributed by atoms with E-state index in [2.05, 4.69) is 5.32 Å². The van der Waals surface area contributed by atoms with Crippen molar-refractivity contribution >= 4 is 23.9 Å². The van der Waals surface area contributed by atoms with E-state index in [1.54, 1.807) is 12.1 Å². The number of carboxylic acid groups (broad SMARTS) is 1. The number of carboxylic acids is 1. The minimum Gasteiger partial charge on any atom is -0.508 e. The van der Waals surface area contributed by atoms with Crippen molar-refractivity contribution in [1.82, 2.24) is 0 Å². The minimum absolute atomic E-state index is 0.0809. The third kappa shape index (κ3) is 7.65. The smallest absolute Gasteiger partial charge is 0.335 e. The fourth-order valence-electron chi connectivity index (χ4n) is 1.36. The number of phenolic OH excluding ortho intramolecular Hbond substituents is 1. The van der Waals surface area contributed by atoms with Gasteiger partial charge in [-0.25, -0.2) is 4.79 Å². The molecule has 10 nitrogen and oxygen atoms in total. The molecule has 0 aromatic heterocycles. The van der Waals surface area contributed by atoms with E-state index in [-0.39, 0.29) is 17.9 Å². The minimum atomic E-state index is -2.25. The summed E-state index contributed by atoms with van der Waals surface area (Å²) >= 11 is 0. The third-order valence-electron chi connectivity index (χ3n) is 2.60. The molecule has 0 heterocycles. The lowest BCUT2D eigenvalue weighted by Gasteiger charge is -2.21. The molecule has 4 atom stereocenters. The summed E-state index contributed by atoms with van der Waals surface area (Å²) in [5.74, 6) is -1.68. The van der Waals surface area contributed by atoms with Crippen LogP contribution in [0.15, 0.2) is 24.3 Å². The maximum atomic E-state index is 10.5. The van der Waals surface area contributed by atoms with Crippen LogP contribution in [-0.4, -0.2) is 73.2 Å². The predicted octanol–water partition coefficient (Wildman–Crippen LogP) is -1.94. The molecular weight excluding hydrogens is 326 g/mol. The van der Waals surface area contributed by atoms with Gasteiger partial charge in [0, 0.05) is 12.6 Å². The number of carbonyl (C=O) groups excluding carboxylic acids is 2. The Kier molecular flexibility index (Phi) is 9.20. The molecule has 134 valence electrons. The fourth-order valence-corrected chi connectivity index (χ4v) is 1.36. The van der Waals surface area contributed by atoms with Crippen LogP contribution < -0.4 is 5.32 Å². The van der Waals surface area contributed by atoms with Gasteiger partial charge in [0.1, 0.15) is 24.1 Å². The lowest BCUT2D eigenvalue weighted by molar-refractivity contribution is -0.163. The second-order valence-electron chi connectivity index (χ2n) is 4.62. The van der Waals surface area contributed by atoms with Crippen LogP contribution in [0.2, 0.25) is 0 Å². The standard InChI is InChI=1S/C8H9NO2.C6H10O7/c1-6(10)9-7-2-4-8(11)5-3-7;7-1-2(8)3(9)4(10)5(11)6(12)13/h2-5,11H,1H3,(H,9,10);1-5,8-11H,(H,12,13). The van der Waals surface area contributed by atoms with Crippen LogP contribution >= 0.6 is 0 Å². The number of aromatic hydroxyl groups is 1. The second kappa shape index (κ2) is 10.3. The van der Waals surface area contributed by atoms with Crippen LogP contribution in [0.1, 0.15) is 6.92 Å². The van der Waals surface area contributed by atoms with Gasteiger partial charge in [-0.15, -0.1) is 0 Å². The molecule has 0 saturated heterocycles. The summed E-state index contributed by atoms with van der Waals surface area (Å²) in [4.78, 5) is 30.5. The maximum Gasteiger partial charge on any atom is 0.335 e. The maximum absolute atomic E-state index is 10.5. The number of carbonyl (C=O) groups is 3. The predicted molar refractivity (Wildman–Crippen MR) is 80.1 cm³/mol. The van der Waals surface area contributed by atoms with Gasteiger partial charge in [-0.2, -0.15) is 0 Å². The Morgan fingerprint density at radius 2 is 1.54 bits per heavy atom. The van der Waals surface area contributed by atoms with Gasteiger partial charge in [-0.1, -0.05) is 0 Å². The van der Waals surface area contributed by atoms with E-state index < -0.39 is 30.4 Å². The van der Waals surface area contributed by atoms with Crippen molar-refractivity contribution in [3.63, 3.8) is 0 Å². The van der Waals surface area contributed by atoms with Crippen LogP contribution in [0.25, 0.3) is 0 Å². The van der Waals surface area contributed by atoms with E-state index >= 15 is 0 Å². The van der Waals surface area contributed by atoms with Crippen molar-refractivity contribution in [2.45, 2.75) is 31.3 Å². The highest BCUT2D eigenvalue weighted by molar-refractivity contribution is 5.88. The number of anilines is 1. The first kappa shape index (κ1) is 21.5. The molecule has 4 unspecified atom stereocenters. The van der Waals surface area contributed by atoms with Gasteiger partial charge >= 0.3 is 5.97 Å². The quantitative estimate of drug-likeness (QED) is 0.228. The van der Waals surface area contributed by atoms with E-state index in [1.165, 1.54) is 19.1 Å². The SMILES string of the molecule is CC(=O)Nc1ccc(O)cc1.O=CC(O)C(O)C(O)C(O)C(=O)O. The monoisotopic (exact) mass is 345 g/mol. The molecule has 1 aromatic carbocycles. The number of aliphatic carboxylic acids is 1. The number of nitrogens with one attached hydrogen (secondary N) is 1. The van der Waals surface area contributed by atoms with Crippen molar-refractivity contribution in [1.29, 1.82) is 0 Å². The molecule has 0 aliphatic carbocycles. The van der Waals surface area contributed by atoms with Crippen molar-refractivity contribution in [2.24, 2.45) is 0 Å². The Balaban J connectivity index is 0.000000446. The summed E-state index contributed by atoms with van der Waals surface area (Å²) in [6, 6.07) is 6.31. The number of hydrogen-bond acceptors (Lipinski definition) is 8. The molecule has 1 rings (SSSR count). The number of aliphatic hydroxyl groups is 4. The lowest BCUT2D eigenvalue weighted by Crippen LogP contribution is -2.48. The van der Waals surface area contributed by atoms with Crippen molar-refractivity contribution in [3.8, 4) is 5.75 Å². The molecule has 0 radical (unpaired) electrons. The topological polar surface area (TPSA) is 185 Å². The highest BCUT2D eigenvalue weighted by Crippen LogP contribution is 2.13. The summed E-state index contributed by atoms with van der Waals surface area (Å²) in [6.07, 6.45) is -8.39. The molecule has 7 N–H and O–H groups in total. The highest BCUT2D eigenvalue weighted by Gasteiger charge is 2.33. The Morgan fingerprint density at radius 1 is 1.04 bits per heavy atom. The summed E-state index contributed by atoms with van der Waals surface area (Å²) in [5.41, 5.74) is 0.690. The average molecular weight is 345 g/mol. The van der Waals surface area contributed by atoms with Gasteiger partial charge in [0.15, 0.2) is 12.4 Å². The van der Waals surface area contributed by atoms with Gasteiger partial charge < -0.3 is 40.8 Å². The van der Waals surface area contributed by atoms with Crippen molar-refractivity contribution in [3.05, 3.63) is 24.3 Å². The first-order valence-electron chi connectivity index (χ1n) is 6.57. The van der Waals surface area contributed by atoms with Gasteiger partial charge in [0.05, 0.1) is 0 Å². The van der Waals surface area contributed by atoms with Crippen LogP contribution in [0.3, 0.4) is 0 Å². The molecule has 0 spiro atoms. The third-order valence-corrected chi connectivity index (χ3v) is 2.60. The van der Waals surface area contributed by atoms with E-state index in [0.29, 0.717) is 5.69 Å². The van der Waals surface area contributed by atoms with E-state index in [0.717, 1.165) is 0 Å². The van der Waals surface area contributed by atoms with Gasteiger partial charge in [-0.05, 0) is 24.3 Å². The first-order valence-corrected chi connectivity index (χ1v) is 6.57. The van der Waals surface area contributed by atoms with Gasteiger partial charge in [0.2, 0.25) is 5.91 Å². The summed E-state index contributed by atoms with van der Waals surface area (Å²) < 4.78 is 0. The number of phenols is 1. The zero-order valence-electron chi connectivity index (χ0n) is 12.6. The number of benzene rings is 1. The van der Waals surface area contributed by atoms with Gasteiger partial charge in [-0.3, -0.25) is 4.79 Å². The molecule has 0 bridgehead atoms. The van der Waals surface area contributed by atoms with Crippen LogP contribution in [0.4, 0.5) is 5.69 Å². The number of hydrogen-bond donors (Lipinski definition) is 7. The molecule has 0 aliphatic heterocycles. The molecule has 1 aromatic rings. The number of rotatable bonds is 6. The van der Waals surface area contributed by atoms with E-state index in [9.17, 15) is 14.4 Å². The lowest BCUT2D eigenvalue weighted by atomic mass is 10.0. The first-order chi connectivity index (χ1) is 11.1. The molecule has 10 heteroatoms. The molecule has 0 saturated carbocycles. The highest BCUT2D eigenvalue weighted by atomic mass is 16.4. The Morgan fingerprint density at radius 3 is 1.92 bits per heavy atom. The Hall–Kier alpha value is -2.53. The molecule has 0 fully saturated rings. The number of aliphatic hydroxyl groups excluding tert-OH is 4. The fraction of sp³-hybridized carbons (Fsp3) is 0.357. The summed E-state index contributed by atoms with van der Waals surface area (Å²) in [7, 11) is 0. The molecular formula is C14H19NO9. The largest absolute Gasteiger partial charge is 0.508 e. The average Bonchev–Trinajstić information content (AvgIpc) is 2.54. The number of aldehydes is 1. The zero-order chi connectivity index (χ0) is 18.9. The molecule has 0 aliphatic rings. The second-order valence-corrected chi connectivity index (χ2v) is 4.62. The Bertz CT molecular complexity index is 546. The summed E-state index contributed by atoms with van der Waals surface area (Å²) in [5, 5.41) is 54.7. The number of amides is 1. The summed E-state index contributed by atoms with van der Waals surface area (Å²) in [6.45, 7) is 1.44. The van der Waals surface area contributed by atoms with E-state index in [4.69, 9.17) is 30.6 Å². The van der Waals surface area contributed by atoms with Crippen molar-refractivity contribution in [2.75, 3.05) is 5.32 Å². The molecule has 1 amide bonds. The van der Waals surface area contributed by atoms with Crippen LogP contribution in [-0.2, 0) is 14.4 Å². The zero-order valence-corrected chi connectivity index (χ0v) is 12.6. The van der Waals surface area contributed by atoms with Crippen LogP contribution in [0, 0.1) is 0 Å².